The van der Waals surface area contributed by atoms with Gasteiger partial charge in [-0.1, -0.05) is 25.9 Å². The summed E-state index contributed by atoms with van der Waals surface area (Å²) in [4.78, 5) is 0. The Labute approximate surface area is 101 Å². The highest BCUT2D eigenvalue weighted by molar-refractivity contribution is 5.89. The van der Waals surface area contributed by atoms with E-state index in [9.17, 15) is 0 Å². The van der Waals surface area contributed by atoms with E-state index in [-0.39, 0.29) is 5.41 Å². The fourth-order valence-corrected chi connectivity index (χ4v) is 2.53. The highest BCUT2D eigenvalue weighted by Crippen LogP contribution is 2.36. The number of hydrogen-bond donors (Lipinski definition) is 1. The third-order valence-corrected chi connectivity index (χ3v) is 3.38. The molecule has 1 aliphatic rings. The van der Waals surface area contributed by atoms with Crippen molar-refractivity contribution < 1.29 is 4.52 Å². The van der Waals surface area contributed by atoms with Crippen molar-refractivity contribution in [3.63, 3.8) is 0 Å². The maximum absolute atomic E-state index is 5.46. The molecule has 0 saturated heterocycles. The van der Waals surface area contributed by atoms with Crippen molar-refractivity contribution in [2.75, 3.05) is 11.9 Å². The molecule has 0 aliphatic carbocycles. The fourth-order valence-electron chi connectivity index (χ4n) is 2.53. The maximum Gasteiger partial charge on any atom is 0.167 e. The first-order valence-corrected chi connectivity index (χ1v) is 6.23. The van der Waals surface area contributed by atoms with Crippen LogP contribution in [0.2, 0.25) is 0 Å². The lowest BCUT2D eigenvalue weighted by Gasteiger charge is -2.21. The largest absolute Gasteiger partial charge is 0.385 e. The lowest BCUT2D eigenvalue weighted by molar-refractivity contribution is 0.419. The Morgan fingerprint density at radius 1 is 1.29 bits per heavy atom. The van der Waals surface area contributed by atoms with Crippen molar-refractivity contribution in [3.05, 3.63) is 23.4 Å². The predicted molar refractivity (Wildman–Crippen MR) is 69.5 cm³/mol. The molecule has 3 nitrogen and oxygen atoms in total. The van der Waals surface area contributed by atoms with Gasteiger partial charge in [-0.3, -0.25) is 0 Å². The molecule has 0 fully saturated rings. The van der Waals surface area contributed by atoms with Gasteiger partial charge in [0.05, 0.1) is 11.1 Å². The first-order valence-electron chi connectivity index (χ1n) is 6.23. The number of aryl methyl sites for hydroxylation is 1. The van der Waals surface area contributed by atoms with Crippen molar-refractivity contribution in [2.24, 2.45) is 0 Å². The summed E-state index contributed by atoms with van der Waals surface area (Å²) in [5.41, 5.74) is 4.64. The van der Waals surface area contributed by atoms with Gasteiger partial charge in [-0.25, -0.2) is 0 Å². The van der Waals surface area contributed by atoms with Gasteiger partial charge in [0, 0.05) is 17.6 Å². The highest BCUT2D eigenvalue weighted by Gasteiger charge is 2.25. The van der Waals surface area contributed by atoms with Gasteiger partial charge in [-0.15, -0.1) is 0 Å². The predicted octanol–water partition coefficient (Wildman–Crippen LogP) is 3.48. The highest BCUT2D eigenvalue weighted by atomic mass is 16.5. The Balaban J connectivity index is 2.32. The second-order valence-electron chi connectivity index (χ2n) is 5.78. The smallest absolute Gasteiger partial charge is 0.167 e. The molecule has 0 bridgehead atoms. The average Bonchev–Trinajstić information content (AvgIpc) is 2.72. The molecule has 2 heterocycles. The van der Waals surface area contributed by atoms with Crippen LogP contribution in [0.3, 0.4) is 0 Å². The summed E-state index contributed by atoms with van der Waals surface area (Å²) < 4.78 is 5.46. The van der Waals surface area contributed by atoms with Crippen LogP contribution in [-0.2, 0) is 11.8 Å². The van der Waals surface area contributed by atoms with E-state index < -0.39 is 0 Å². The molecule has 3 heteroatoms. The molecule has 17 heavy (non-hydrogen) atoms. The van der Waals surface area contributed by atoms with Crippen molar-refractivity contribution in [1.82, 2.24) is 5.16 Å². The first kappa shape index (κ1) is 10.6. The van der Waals surface area contributed by atoms with Crippen LogP contribution in [0.4, 0.5) is 5.69 Å². The van der Waals surface area contributed by atoms with Gasteiger partial charge in [0.1, 0.15) is 0 Å². The van der Waals surface area contributed by atoms with E-state index in [1.54, 1.807) is 0 Å². The van der Waals surface area contributed by atoms with Crippen LogP contribution < -0.4 is 5.32 Å². The van der Waals surface area contributed by atoms with E-state index in [0.29, 0.717) is 0 Å². The normalized spacial score (nSPS) is 15.7. The van der Waals surface area contributed by atoms with Gasteiger partial charge in [-0.05, 0) is 30.5 Å². The zero-order valence-corrected chi connectivity index (χ0v) is 10.6. The maximum atomic E-state index is 5.46. The van der Waals surface area contributed by atoms with Crippen LogP contribution in [0.25, 0.3) is 11.0 Å². The SMILES string of the molecule is CC(C)(C)c1noc2ccc3c(c12)CCCN3. The summed E-state index contributed by atoms with van der Waals surface area (Å²) in [6.07, 6.45) is 2.30. The Bertz CT molecular complexity index is 563. The number of fused-ring (bicyclic) bond motifs is 3. The van der Waals surface area contributed by atoms with Crippen LogP contribution in [0.5, 0.6) is 0 Å². The standard InChI is InChI=1S/C14H18N2O/c1-14(2,3)13-12-9-5-4-8-15-10(9)6-7-11(12)17-16-13/h6-7,15H,4-5,8H2,1-3H3. The van der Waals surface area contributed by atoms with Crippen molar-refractivity contribution in [1.29, 1.82) is 0 Å². The van der Waals surface area contributed by atoms with E-state index >= 15 is 0 Å². The third-order valence-electron chi connectivity index (χ3n) is 3.38. The van der Waals surface area contributed by atoms with E-state index in [1.807, 2.05) is 6.07 Å². The molecule has 3 rings (SSSR count). The molecule has 1 aromatic heterocycles. The molecular weight excluding hydrogens is 212 g/mol. The average molecular weight is 230 g/mol. The first-order chi connectivity index (χ1) is 8.07. The van der Waals surface area contributed by atoms with Gasteiger partial charge >= 0.3 is 0 Å². The Morgan fingerprint density at radius 2 is 2.12 bits per heavy atom. The molecule has 1 N–H and O–H groups in total. The molecule has 0 saturated carbocycles. The van der Waals surface area contributed by atoms with Crippen LogP contribution >= 0.6 is 0 Å². The van der Waals surface area contributed by atoms with Gasteiger partial charge in [0.2, 0.25) is 0 Å². The third kappa shape index (κ3) is 1.61. The fraction of sp³-hybridized carbons (Fsp3) is 0.500. The quantitative estimate of drug-likeness (QED) is 0.753. The van der Waals surface area contributed by atoms with E-state index in [2.05, 4.69) is 37.3 Å². The van der Waals surface area contributed by atoms with E-state index in [4.69, 9.17) is 4.52 Å². The number of aromatic nitrogens is 1. The monoisotopic (exact) mass is 230 g/mol. The Kier molecular flexibility index (Phi) is 2.18. The number of anilines is 1. The molecule has 90 valence electrons. The number of benzene rings is 1. The molecule has 0 atom stereocenters. The number of hydrogen-bond acceptors (Lipinski definition) is 3. The van der Waals surface area contributed by atoms with E-state index in [0.717, 1.165) is 24.2 Å². The molecule has 1 aliphatic heterocycles. The van der Waals surface area contributed by atoms with E-state index in [1.165, 1.54) is 23.1 Å². The summed E-state index contributed by atoms with van der Waals surface area (Å²) in [6.45, 7) is 7.61. The molecule has 0 spiro atoms. The minimum Gasteiger partial charge on any atom is -0.385 e. The Morgan fingerprint density at radius 3 is 2.88 bits per heavy atom. The number of nitrogens with zero attached hydrogens (tertiary/aromatic N) is 1. The molecule has 0 radical (unpaired) electrons. The van der Waals surface area contributed by atoms with Gasteiger partial charge in [0.15, 0.2) is 5.58 Å². The summed E-state index contributed by atoms with van der Waals surface area (Å²) in [5, 5.41) is 8.95. The zero-order valence-electron chi connectivity index (χ0n) is 10.6. The van der Waals surface area contributed by atoms with Crippen LogP contribution in [-0.4, -0.2) is 11.7 Å². The Hall–Kier alpha value is -1.51. The topological polar surface area (TPSA) is 38.1 Å². The minimum absolute atomic E-state index is 0.0256. The van der Waals surface area contributed by atoms with Gasteiger partial charge in [0.25, 0.3) is 0 Å². The molecule has 2 aromatic rings. The summed E-state index contributed by atoms with van der Waals surface area (Å²) in [6, 6.07) is 4.13. The second kappa shape index (κ2) is 3.49. The van der Waals surface area contributed by atoms with Crippen LogP contribution in [0.15, 0.2) is 16.7 Å². The number of nitrogens with one attached hydrogen (secondary N) is 1. The number of rotatable bonds is 0. The second-order valence-corrected chi connectivity index (χ2v) is 5.78. The van der Waals surface area contributed by atoms with Crippen LogP contribution in [0.1, 0.15) is 38.4 Å². The summed E-state index contributed by atoms with van der Waals surface area (Å²) >= 11 is 0. The molecular formula is C14H18N2O. The molecule has 0 amide bonds. The van der Waals surface area contributed by atoms with Crippen molar-refractivity contribution in [2.45, 2.75) is 39.0 Å². The van der Waals surface area contributed by atoms with Gasteiger partial charge < -0.3 is 9.84 Å². The minimum atomic E-state index is 0.0256. The zero-order chi connectivity index (χ0) is 12.0. The molecule has 0 unspecified atom stereocenters. The van der Waals surface area contributed by atoms with Crippen molar-refractivity contribution in [3.8, 4) is 0 Å². The molecule has 1 aromatic carbocycles. The lowest BCUT2D eigenvalue weighted by atomic mass is 9.87. The summed E-state index contributed by atoms with van der Waals surface area (Å²) in [7, 11) is 0. The summed E-state index contributed by atoms with van der Waals surface area (Å²) in [5.74, 6) is 0. The van der Waals surface area contributed by atoms with Gasteiger partial charge in [-0.2, -0.15) is 0 Å². The van der Waals surface area contributed by atoms with Crippen molar-refractivity contribution >= 4 is 16.7 Å². The van der Waals surface area contributed by atoms with Crippen LogP contribution in [0, 0.1) is 0 Å². The lowest BCUT2D eigenvalue weighted by Crippen LogP contribution is -2.15.